The molecular weight excluding hydrogens is 348 g/mol. The van der Waals surface area contributed by atoms with Gasteiger partial charge in [0, 0.05) is 6.07 Å². The van der Waals surface area contributed by atoms with E-state index in [1.807, 2.05) is 12.1 Å². The van der Waals surface area contributed by atoms with Crippen molar-refractivity contribution in [2.75, 3.05) is 5.73 Å². The van der Waals surface area contributed by atoms with Gasteiger partial charge in [-0.05, 0) is 6.07 Å². The molecule has 9 N–H and O–H groups in total. The maximum atomic E-state index is 8.93. The van der Waals surface area contributed by atoms with Gasteiger partial charge in [0.25, 0.3) is 5.82 Å². The average molecular weight is 361 g/mol. The van der Waals surface area contributed by atoms with E-state index >= 15 is 0 Å². The molecule has 13 heteroatoms. The topological polar surface area (TPSA) is 267 Å². The van der Waals surface area contributed by atoms with Crippen molar-refractivity contribution in [2.45, 2.75) is 0 Å². The maximum absolute atomic E-state index is 8.93. The van der Waals surface area contributed by atoms with Gasteiger partial charge in [0.05, 0.1) is 30.1 Å². The van der Waals surface area contributed by atoms with Gasteiger partial charge >= 0.3 is 17.4 Å². The fourth-order valence-electron chi connectivity index (χ4n) is 0.407. The molecule has 22 heavy (non-hydrogen) atoms. The van der Waals surface area contributed by atoms with E-state index in [9.17, 15) is 0 Å². The number of carbonyl (C=O) groups is 4. The van der Waals surface area contributed by atoms with E-state index in [0.29, 0.717) is 5.82 Å². The number of hydrogen-bond acceptors (Lipinski definition) is 9. The minimum absolute atomic E-state index is 0. The fourth-order valence-corrected chi connectivity index (χ4v) is 0.407. The van der Waals surface area contributed by atoms with E-state index in [2.05, 4.69) is 4.98 Å². The van der Waals surface area contributed by atoms with E-state index < -0.39 is 23.9 Å². The minimum Gasteiger partial charge on any atom is -0.543 e. The molecule has 1 rings (SSSR count). The van der Waals surface area contributed by atoms with Crippen LogP contribution in [0.15, 0.2) is 24.4 Å². The minimum atomic E-state index is -2.19. The second-order valence-electron chi connectivity index (χ2n) is 2.47. The average Bonchev–Trinajstić information content (AvgIpc) is 2.31. The van der Waals surface area contributed by atoms with Crippen molar-refractivity contribution < 1.29 is 72.9 Å². The van der Waals surface area contributed by atoms with E-state index in [1.54, 1.807) is 12.3 Å². The van der Waals surface area contributed by atoms with Crippen molar-refractivity contribution in [3.05, 3.63) is 24.4 Å². The van der Waals surface area contributed by atoms with Crippen molar-refractivity contribution in [3.63, 3.8) is 0 Å². The zero-order valence-corrected chi connectivity index (χ0v) is 12.0. The molecule has 0 saturated heterocycles. The normalized spacial score (nSPS) is 6.73. The molecule has 1 aromatic heterocycles. The molecule has 0 spiro atoms. The Morgan fingerprint density at radius 1 is 0.818 bits per heavy atom. The molecule has 1 heterocycles. The molecule has 0 bridgehead atoms. The standard InChI is InChI=1S/C5H6N2.2C2H2O4.Cr.2H2O/c6-5-3-1-2-4-7-5;2*3-1(4)2(5)6;;;/h1-4H,(H2,6,7);2*(H,3,4)(H,5,6);;2*1H2/q;;;+3;;/p-1. The van der Waals surface area contributed by atoms with Crippen LogP contribution in [0.4, 0.5) is 5.82 Å². The molecule has 0 saturated carbocycles. The predicted molar refractivity (Wildman–Crippen MR) is 57.2 cm³/mol. The van der Waals surface area contributed by atoms with Gasteiger partial charge in [-0.1, -0.05) is 6.07 Å². The van der Waals surface area contributed by atoms with Crippen LogP contribution in [-0.4, -0.2) is 23.9 Å². The molecular formula is C9H13CrN2O10+2. The smallest absolute Gasteiger partial charge is 0.543 e. The van der Waals surface area contributed by atoms with Gasteiger partial charge in [-0.15, -0.1) is 0 Å². The zero-order valence-electron chi connectivity index (χ0n) is 10.7. The Morgan fingerprint density at radius 2 is 1.14 bits per heavy atom. The number of H-pyrrole nitrogens is 1. The summed E-state index contributed by atoms with van der Waals surface area (Å²) in [5.41, 5.74) is 5.30. The number of aromatic amines is 1. The number of aromatic nitrogens is 1. The van der Waals surface area contributed by atoms with Gasteiger partial charge in [0.1, 0.15) is 0 Å². The van der Waals surface area contributed by atoms with E-state index in [0.717, 1.165) is 0 Å². The van der Waals surface area contributed by atoms with E-state index in [1.165, 1.54) is 0 Å². The van der Waals surface area contributed by atoms with Crippen LogP contribution in [-0.2, 0) is 47.5 Å². The fraction of sp³-hybridized carbons (Fsp3) is 0. The van der Waals surface area contributed by atoms with Crippen molar-refractivity contribution in [2.24, 2.45) is 0 Å². The number of carboxylic acid groups (broad SMARTS) is 4. The third kappa shape index (κ3) is 26.0. The molecule has 0 unspecified atom stereocenters. The number of anilines is 1. The maximum Gasteiger partial charge on any atom is 3.00 e. The van der Waals surface area contributed by atoms with Crippen LogP contribution in [0.25, 0.3) is 0 Å². The van der Waals surface area contributed by atoms with Gasteiger partial charge in [-0.2, -0.15) is 0 Å². The number of pyridine rings is 1. The second-order valence-corrected chi connectivity index (χ2v) is 2.47. The molecule has 123 valence electrons. The van der Waals surface area contributed by atoms with Gasteiger partial charge in [-0.3, -0.25) is 5.73 Å². The number of nitrogens with two attached hydrogens (primary N) is 1. The van der Waals surface area contributed by atoms with E-state index in [-0.39, 0.29) is 28.3 Å². The molecule has 0 atom stereocenters. The summed E-state index contributed by atoms with van der Waals surface area (Å²) < 4.78 is 0. The predicted octanol–water partition coefficient (Wildman–Crippen LogP) is -8.79. The number of aliphatic carboxylic acids is 4. The van der Waals surface area contributed by atoms with Crippen LogP contribution in [0.3, 0.4) is 0 Å². The molecule has 0 aliphatic rings. The number of nitrogens with one attached hydrogen (secondary N) is 1. The van der Waals surface area contributed by atoms with Gasteiger partial charge in [0.15, 0.2) is 0 Å². The Bertz CT molecular complexity index is 405. The van der Waals surface area contributed by atoms with Crippen molar-refractivity contribution in [1.82, 2.24) is 0 Å². The zero-order chi connectivity index (χ0) is 15.4. The number of hydrogen-bond donors (Lipinski definition) is 1. The Balaban J connectivity index is -0.0000000619. The molecule has 1 radical (unpaired) electrons. The summed E-state index contributed by atoms with van der Waals surface area (Å²) in [6.45, 7) is 0. The summed E-state index contributed by atoms with van der Waals surface area (Å²) in [5, 5.41) is 35.7. The first-order chi connectivity index (χ1) is 8.68. The van der Waals surface area contributed by atoms with E-state index in [4.69, 9.17) is 45.3 Å². The molecule has 1 aromatic rings. The van der Waals surface area contributed by atoms with Crippen LogP contribution in [0, 0.1) is 0 Å². The quantitative estimate of drug-likeness (QED) is 0.338. The summed E-state index contributed by atoms with van der Waals surface area (Å²) >= 11 is 0. The van der Waals surface area contributed by atoms with Crippen LogP contribution in [0.1, 0.15) is 0 Å². The first-order valence-electron chi connectivity index (χ1n) is 4.25. The van der Waals surface area contributed by atoms with Crippen molar-refractivity contribution in [3.8, 4) is 0 Å². The molecule has 0 aromatic carbocycles. The Kier molecular flexibility index (Phi) is 26.3. The van der Waals surface area contributed by atoms with Crippen LogP contribution < -0.4 is 31.1 Å². The third-order valence-corrected chi connectivity index (χ3v) is 1.07. The Labute approximate surface area is 133 Å². The van der Waals surface area contributed by atoms with Gasteiger partial charge in [-0.25, -0.2) is 4.98 Å². The van der Waals surface area contributed by atoms with Crippen LogP contribution >= 0.6 is 0 Å². The van der Waals surface area contributed by atoms with Crippen molar-refractivity contribution in [1.29, 1.82) is 0 Å². The summed E-state index contributed by atoms with van der Waals surface area (Å²) in [7, 11) is 0. The summed E-state index contributed by atoms with van der Waals surface area (Å²) in [5.74, 6) is -8.04. The SMILES string of the molecule is Nc1cccc[nH+]1.O=C([O-])C(=O)[O-].O=C([O-])C(=O)[O-].[Cr+3].[OH3+].[OH3+]. The summed E-state index contributed by atoms with van der Waals surface area (Å²) in [6, 6.07) is 5.57. The first kappa shape index (κ1) is 31.6. The third-order valence-electron chi connectivity index (χ3n) is 1.07. The number of nitrogen functional groups attached to an aromatic ring is 1. The monoisotopic (exact) mass is 361 g/mol. The van der Waals surface area contributed by atoms with Crippen LogP contribution in [0.5, 0.6) is 0 Å². The van der Waals surface area contributed by atoms with Gasteiger partial charge < -0.3 is 50.6 Å². The number of carboxylic acids is 4. The molecule has 0 amide bonds. The molecule has 0 fully saturated rings. The van der Waals surface area contributed by atoms with Crippen molar-refractivity contribution >= 4 is 29.7 Å². The van der Waals surface area contributed by atoms with Crippen LogP contribution in [0.2, 0.25) is 0 Å². The summed E-state index contributed by atoms with van der Waals surface area (Å²) in [4.78, 5) is 38.5. The molecule has 0 aliphatic heterocycles. The first-order valence-corrected chi connectivity index (χ1v) is 4.25. The molecule has 12 nitrogen and oxygen atoms in total. The summed E-state index contributed by atoms with van der Waals surface area (Å²) in [6.07, 6.45) is 1.79. The second kappa shape index (κ2) is 18.3. The number of carbonyl (C=O) groups excluding carboxylic acids is 4. The van der Waals surface area contributed by atoms with Gasteiger partial charge in [0.2, 0.25) is 0 Å². The largest absolute Gasteiger partial charge is 3.00 e. The Hall–Kier alpha value is -2.72. The number of rotatable bonds is 0. The molecule has 0 aliphatic carbocycles. The Morgan fingerprint density at radius 3 is 1.23 bits per heavy atom.